The number of ether oxygens (including phenoxy) is 1. The van der Waals surface area contributed by atoms with Crippen molar-refractivity contribution in [3.8, 4) is 5.75 Å². The second kappa shape index (κ2) is 10.6. The molecule has 1 amide bonds. The van der Waals surface area contributed by atoms with Crippen LogP contribution in [0.25, 0.3) is 0 Å². The van der Waals surface area contributed by atoms with Crippen molar-refractivity contribution in [3.63, 3.8) is 0 Å². The summed E-state index contributed by atoms with van der Waals surface area (Å²) in [5.41, 5.74) is 2.58. The maximum Gasteiger partial charge on any atom is 0.417 e. The number of carbonyl (C=O) groups is 1. The summed E-state index contributed by atoms with van der Waals surface area (Å²) in [6.07, 6.45) is -3.96. The average molecular weight is 522 g/mol. The molecule has 1 atom stereocenters. The molecule has 0 radical (unpaired) electrons. The van der Waals surface area contributed by atoms with Crippen LogP contribution >= 0.6 is 23.2 Å². The molecule has 2 aromatic rings. The van der Waals surface area contributed by atoms with E-state index in [-0.39, 0.29) is 19.2 Å². The van der Waals surface area contributed by atoms with Gasteiger partial charge in [0.25, 0.3) is 11.5 Å². The molecular weight excluding hydrogens is 498 g/mol. The summed E-state index contributed by atoms with van der Waals surface area (Å²) in [6, 6.07) is 3.76. The van der Waals surface area contributed by atoms with E-state index in [9.17, 15) is 27.9 Å². The Labute approximate surface area is 203 Å². The molecule has 1 aromatic carbocycles. The summed E-state index contributed by atoms with van der Waals surface area (Å²) in [6.45, 7) is 2.90. The van der Waals surface area contributed by atoms with E-state index in [1.807, 2.05) is 4.90 Å². The summed E-state index contributed by atoms with van der Waals surface area (Å²) < 4.78 is 46.1. The summed E-state index contributed by atoms with van der Waals surface area (Å²) in [5.74, 6) is -0.761. The molecule has 2 heterocycles. The van der Waals surface area contributed by atoms with Gasteiger partial charge in [0.05, 0.1) is 28.8 Å². The number of halogens is 5. The van der Waals surface area contributed by atoms with Crippen LogP contribution in [0.2, 0.25) is 10.0 Å². The first-order chi connectivity index (χ1) is 15.9. The number of primary amides is 1. The van der Waals surface area contributed by atoms with Gasteiger partial charge in [-0.05, 0) is 37.5 Å². The van der Waals surface area contributed by atoms with Crippen molar-refractivity contribution in [1.29, 1.82) is 0 Å². The van der Waals surface area contributed by atoms with Crippen LogP contribution in [0.4, 0.5) is 13.2 Å². The second-order valence-corrected chi connectivity index (χ2v) is 8.99. The predicted octanol–water partition coefficient (Wildman–Crippen LogP) is 3.49. The molecule has 1 aliphatic heterocycles. The number of piperidine rings is 1. The number of benzene rings is 1. The SMILES string of the molecule is Cc1c(Cl)ccc(OC2CCN(C[C@@H](O)Cn3cc(C(N)=O)c(C(F)(F)F)cc3=O)CC2)c1Cl. The normalized spacial score (nSPS) is 16.4. The number of aliphatic hydroxyl groups is 1. The molecule has 0 unspecified atom stereocenters. The van der Waals surface area contributed by atoms with Gasteiger partial charge in [-0.1, -0.05) is 23.2 Å². The molecule has 7 nitrogen and oxygen atoms in total. The number of nitrogens with zero attached hydrogens (tertiary/aromatic N) is 2. The first kappa shape index (κ1) is 26.3. The largest absolute Gasteiger partial charge is 0.489 e. The van der Waals surface area contributed by atoms with Crippen LogP contribution in [0.3, 0.4) is 0 Å². The standard InChI is InChI=1S/C22H24Cl2F3N3O4/c1-12-17(23)2-3-18(20(12)24)34-14-4-6-29(7-5-14)9-13(31)10-30-11-15(21(28)33)16(8-19(30)32)22(25,26)27/h2-3,8,11,13-14,31H,4-7,9-10H2,1H3,(H2,28,33)/t13-/m1/s1. The second-order valence-electron chi connectivity index (χ2n) is 8.21. The van der Waals surface area contributed by atoms with Gasteiger partial charge < -0.3 is 25.0 Å². The highest BCUT2D eigenvalue weighted by Crippen LogP contribution is 2.34. The average Bonchev–Trinajstić information content (AvgIpc) is 2.75. The molecule has 1 aliphatic rings. The lowest BCUT2D eigenvalue weighted by atomic mass is 10.1. The van der Waals surface area contributed by atoms with Crippen LogP contribution in [0.15, 0.2) is 29.2 Å². The zero-order valence-corrected chi connectivity index (χ0v) is 19.8. The number of alkyl halides is 3. The maximum atomic E-state index is 13.1. The molecule has 186 valence electrons. The molecule has 1 saturated heterocycles. The Kier molecular flexibility index (Phi) is 8.18. The van der Waals surface area contributed by atoms with E-state index in [4.69, 9.17) is 33.7 Å². The summed E-state index contributed by atoms with van der Waals surface area (Å²) >= 11 is 12.3. The van der Waals surface area contributed by atoms with Crippen molar-refractivity contribution in [2.45, 2.75) is 44.7 Å². The van der Waals surface area contributed by atoms with Crippen LogP contribution in [-0.4, -0.2) is 52.3 Å². The fraction of sp³-hybridized carbons (Fsp3) is 0.455. The van der Waals surface area contributed by atoms with Gasteiger partial charge in [-0.2, -0.15) is 13.2 Å². The molecule has 0 spiro atoms. The van der Waals surface area contributed by atoms with Crippen LogP contribution in [-0.2, 0) is 12.7 Å². The van der Waals surface area contributed by atoms with Gasteiger partial charge >= 0.3 is 6.18 Å². The van der Waals surface area contributed by atoms with Crippen LogP contribution < -0.4 is 16.0 Å². The number of aromatic nitrogens is 1. The highest BCUT2D eigenvalue weighted by atomic mass is 35.5. The number of rotatable bonds is 7. The third kappa shape index (κ3) is 6.24. The Morgan fingerprint density at radius 2 is 1.91 bits per heavy atom. The number of pyridine rings is 1. The highest BCUT2D eigenvalue weighted by Gasteiger charge is 2.36. The van der Waals surface area contributed by atoms with Crippen LogP contribution in [0.5, 0.6) is 5.75 Å². The number of aliphatic hydroxyl groups excluding tert-OH is 1. The first-order valence-corrected chi connectivity index (χ1v) is 11.3. The number of likely N-dealkylation sites (tertiary alicyclic amines) is 1. The minimum atomic E-state index is -4.90. The van der Waals surface area contributed by atoms with Gasteiger partial charge in [0, 0.05) is 36.9 Å². The lowest BCUT2D eigenvalue weighted by Gasteiger charge is -2.33. The quantitative estimate of drug-likeness (QED) is 0.581. The van der Waals surface area contributed by atoms with E-state index in [1.54, 1.807) is 19.1 Å². The third-order valence-corrected chi connectivity index (χ3v) is 6.57. The number of carbonyl (C=O) groups excluding carboxylic acids is 1. The van der Waals surface area contributed by atoms with E-state index in [2.05, 4.69) is 0 Å². The predicted molar refractivity (Wildman–Crippen MR) is 122 cm³/mol. The van der Waals surface area contributed by atoms with Crippen molar-refractivity contribution in [1.82, 2.24) is 9.47 Å². The summed E-state index contributed by atoms with van der Waals surface area (Å²) in [5, 5.41) is 11.4. The fourth-order valence-electron chi connectivity index (χ4n) is 3.85. The first-order valence-electron chi connectivity index (χ1n) is 10.5. The molecule has 12 heteroatoms. The minimum Gasteiger partial charge on any atom is -0.489 e. The molecule has 1 aromatic heterocycles. The number of amides is 1. The van der Waals surface area contributed by atoms with Gasteiger partial charge in [0.15, 0.2) is 0 Å². The third-order valence-electron chi connectivity index (χ3n) is 5.69. The summed E-state index contributed by atoms with van der Waals surface area (Å²) in [4.78, 5) is 25.6. The lowest BCUT2D eigenvalue weighted by molar-refractivity contribution is -0.138. The maximum absolute atomic E-state index is 13.1. The van der Waals surface area contributed by atoms with Crippen molar-refractivity contribution >= 4 is 29.1 Å². The zero-order valence-electron chi connectivity index (χ0n) is 18.2. The van der Waals surface area contributed by atoms with Gasteiger partial charge in [0.2, 0.25) is 0 Å². The molecule has 34 heavy (non-hydrogen) atoms. The topological polar surface area (TPSA) is 97.8 Å². The highest BCUT2D eigenvalue weighted by molar-refractivity contribution is 6.36. The number of nitrogens with two attached hydrogens (primary N) is 1. The number of hydrogen-bond donors (Lipinski definition) is 2. The Bertz CT molecular complexity index is 1120. The van der Waals surface area contributed by atoms with Gasteiger partial charge in [-0.25, -0.2) is 0 Å². The smallest absolute Gasteiger partial charge is 0.417 e. The summed E-state index contributed by atoms with van der Waals surface area (Å²) in [7, 11) is 0. The lowest BCUT2D eigenvalue weighted by Crippen LogP contribution is -2.43. The molecule has 3 rings (SSSR count). The van der Waals surface area contributed by atoms with Crippen molar-refractivity contribution < 1.29 is 27.8 Å². The molecule has 1 fully saturated rings. The zero-order chi connectivity index (χ0) is 25.2. The van der Waals surface area contributed by atoms with Gasteiger partial charge in [-0.3, -0.25) is 9.59 Å². The van der Waals surface area contributed by atoms with Crippen LogP contribution in [0.1, 0.15) is 34.3 Å². The molecule has 0 saturated carbocycles. The Balaban J connectivity index is 1.58. The van der Waals surface area contributed by atoms with E-state index in [1.165, 1.54) is 0 Å². The van der Waals surface area contributed by atoms with E-state index >= 15 is 0 Å². The van der Waals surface area contributed by atoms with Gasteiger partial charge in [-0.15, -0.1) is 0 Å². The molecular formula is C22H24Cl2F3N3O4. The fourth-order valence-corrected chi connectivity index (χ4v) is 4.26. The van der Waals surface area contributed by atoms with Crippen molar-refractivity contribution in [2.24, 2.45) is 5.73 Å². The Hall–Kier alpha value is -2.27. The molecule has 0 aliphatic carbocycles. The number of hydrogen-bond acceptors (Lipinski definition) is 5. The van der Waals surface area contributed by atoms with Crippen LogP contribution in [0, 0.1) is 6.92 Å². The van der Waals surface area contributed by atoms with Crippen molar-refractivity contribution in [3.05, 3.63) is 61.5 Å². The molecule has 0 bridgehead atoms. The van der Waals surface area contributed by atoms with Gasteiger partial charge in [0.1, 0.15) is 11.9 Å². The number of β-amino-alcohol motifs (C(OH)–C–C–N with tert-alkyl or cyclic N) is 1. The van der Waals surface area contributed by atoms with E-state index in [0.29, 0.717) is 47.8 Å². The monoisotopic (exact) mass is 521 g/mol. The van der Waals surface area contributed by atoms with E-state index in [0.717, 1.165) is 16.3 Å². The van der Waals surface area contributed by atoms with E-state index < -0.39 is 34.9 Å². The minimum absolute atomic E-state index is 0.0814. The Morgan fingerprint density at radius 1 is 1.26 bits per heavy atom. The van der Waals surface area contributed by atoms with Crippen molar-refractivity contribution in [2.75, 3.05) is 19.6 Å². The Morgan fingerprint density at radius 3 is 2.50 bits per heavy atom. The molecule has 3 N–H and O–H groups in total.